The van der Waals surface area contributed by atoms with E-state index in [1.165, 1.54) is 0 Å². The molecule has 0 bridgehead atoms. The van der Waals surface area contributed by atoms with Crippen LogP contribution in [0, 0.1) is 0 Å². The quantitative estimate of drug-likeness (QED) is 0.198. The summed E-state index contributed by atoms with van der Waals surface area (Å²) in [6.45, 7) is 0. The van der Waals surface area contributed by atoms with Crippen LogP contribution in [-0.4, -0.2) is 10.4 Å². The molecule has 0 aliphatic heterocycles. The Morgan fingerprint density at radius 1 is 1.00 bits per heavy atom. The number of anilines is 1. The topological polar surface area (TPSA) is 110 Å². The molecule has 0 amide bonds. The average molecular weight is 343 g/mol. The third kappa shape index (κ3) is 3.47. The molecule has 0 heterocycles. The number of nitrogens with two attached hydrogens (primary N) is 1. The fourth-order valence-electron chi connectivity index (χ4n) is 2.18. The minimum absolute atomic E-state index is 0.0729. The molecule has 24 heavy (non-hydrogen) atoms. The van der Waals surface area contributed by atoms with Gasteiger partial charge in [0, 0.05) is 11.1 Å². The Hall–Kier alpha value is -2.65. The SMILES string of the molecule is Nc1ccc2c(O)c(N=Nc3ccccc3)c(SOOO)cc2c1. The zero-order valence-electron chi connectivity index (χ0n) is 12.3. The summed E-state index contributed by atoms with van der Waals surface area (Å²) in [5.74, 6) is -0.0729. The van der Waals surface area contributed by atoms with E-state index in [9.17, 15) is 5.11 Å². The van der Waals surface area contributed by atoms with E-state index in [1.54, 1.807) is 36.4 Å². The third-order valence-corrected chi connectivity index (χ3v) is 3.87. The number of fused-ring (bicyclic) bond motifs is 1. The van der Waals surface area contributed by atoms with Gasteiger partial charge < -0.3 is 10.8 Å². The molecule has 0 aromatic heterocycles. The normalized spacial score (nSPS) is 11.4. The highest BCUT2D eigenvalue weighted by atomic mass is 32.2. The van der Waals surface area contributed by atoms with Crippen LogP contribution in [0.3, 0.4) is 0 Å². The molecule has 0 aliphatic carbocycles. The smallest absolute Gasteiger partial charge is 0.152 e. The van der Waals surface area contributed by atoms with Crippen LogP contribution in [0.25, 0.3) is 10.8 Å². The van der Waals surface area contributed by atoms with E-state index in [2.05, 4.69) is 19.6 Å². The summed E-state index contributed by atoms with van der Waals surface area (Å²) >= 11 is 0.690. The molecular formula is C16H13N3O4S. The molecule has 7 nitrogen and oxygen atoms in total. The average Bonchev–Trinajstić information content (AvgIpc) is 2.60. The van der Waals surface area contributed by atoms with E-state index in [1.807, 2.05) is 18.2 Å². The fourth-order valence-corrected chi connectivity index (χ4v) is 2.68. The summed E-state index contributed by atoms with van der Waals surface area (Å²) in [4.78, 5) is 0.402. The van der Waals surface area contributed by atoms with Gasteiger partial charge >= 0.3 is 0 Å². The lowest BCUT2D eigenvalue weighted by Gasteiger charge is -2.09. The molecule has 122 valence electrons. The first kappa shape index (κ1) is 16.2. The van der Waals surface area contributed by atoms with Crippen LogP contribution >= 0.6 is 12.0 Å². The number of phenols is 1. The molecule has 0 radical (unpaired) electrons. The number of nitrogen functional groups attached to an aromatic ring is 1. The number of azo groups is 1. The van der Waals surface area contributed by atoms with Crippen molar-refractivity contribution in [2.75, 3.05) is 5.73 Å². The number of hydrogen-bond acceptors (Lipinski definition) is 8. The summed E-state index contributed by atoms with van der Waals surface area (Å²) < 4.78 is 4.47. The third-order valence-electron chi connectivity index (χ3n) is 3.25. The first-order valence-corrected chi connectivity index (χ1v) is 7.60. The van der Waals surface area contributed by atoms with E-state index in [-0.39, 0.29) is 11.4 Å². The zero-order chi connectivity index (χ0) is 16.9. The Labute approximate surface area is 141 Å². The highest BCUT2D eigenvalue weighted by molar-refractivity contribution is 7.94. The van der Waals surface area contributed by atoms with Gasteiger partial charge in [0.15, 0.2) is 5.75 Å². The highest BCUT2D eigenvalue weighted by Gasteiger charge is 2.15. The van der Waals surface area contributed by atoms with E-state index in [0.29, 0.717) is 39.1 Å². The molecule has 0 fully saturated rings. The second kappa shape index (κ2) is 7.28. The molecule has 0 atom stereocenters. The molecule has 3 aromatic rings. The first-order chi connectivity index (χ1) is 11.7. The summed E-state index contributed by atoms with van der Waals surface area (Å²) in [5, 5.41) is 32.0. The first-order valence-electron chi connectivity index (χ1n) is 6.86. The van der Waals surface area contributed by atoms with Gasteiger partial charge in [-0.2, -0.15) is 5.11 Å². The molecule has 3 rings (SSSR count). The van der Waals surface area contributed by atoms with Crippen LogP contribution in [0.1, 0.15) is 0 Å². The Kier molecular flexibility index (Phi) is 4.92. The number of hydrogen-bond donors (Lipinski definition) is 3. The predicted octanol–water partition coefficient (Wildman–Crippen LogP) is 4.97. The summed E-state index contributed by atoms with van der Waals surface area (Å²) in [6.07, 6.45) is 0. The van der Waals surface area contributed by atoms with Crippen molar-refractivity contribution in [2.24, 2.45) is 10.2 Å². The molecule has 0 unspecified atom stereocenters. The highest BCUT2D eigenvalue weighted by Crippen LogP contribution is 2.44. The van der Waals surface area contributed by atoms with Crippen LogP contribution in [0.2, 0.25) is 0 Å². The van der Waals surface area contributed by atoms with E-state index >= 15 is 0 Å². The molecule has 0 spiro atoms. The van der Waals surface area contributed by atoms with Crippen molar-refractivity contribution in [2.45, 2.75) is 4.90 Å². The number of aromatic hydroxyl groups is 1. The lowest BCUT2D eigenvalue weighted by Crippen LogP contribution is -1.86. The standard InChI is InChI=1S/C16H13N3O4S/c17-11-6-7-13-10(8-11)9-14(24-23-22-21)15(16(13)20)19-18-12-4-2-1-3-5-12/h1-9,20-21H,17H2. The fraction of sp³-hybridized carbons (Fsp3) is 0. The number of rotatable bonds is 5. The molecule has 3 aromatic carbocycles. The maximum atomic E-state index is 10.5. The largest absolute Gasteiger partial charge is 0.505 e. The number of nitrogens with zero attached hydrogens (tertiary/aromatic N) is 2. The van der Waals surface area contributed by atoms with E-state index < -0.39 is 0 Å². The molecule has 0 saturated heterocycles. The van der Waals surface area contributed by atoms with Crippen LogP contribution < -0.4 is 5.73 Å². The second-order valence-corrected chi connectivity index (χ2v) is 5.56. The Bertz CT molecular complexity index is 887. The predicted molar refractivity (Wildman–Crippen MR) is 91.3 cm³/mol. The van der Waals surface area contributed by atoms with Gasteiger partial charge in [-0.1, -0.05) is 23.2 Å². The summed E-state index contributed by atoms with van der Waals surface area (Å²) in [5.41, 5.74) is 7.14. The van der Waals surface area contributed by atoms with Gasteiger partial charge in [0.2, 0.25) is 0 Å². The van der Waals surface area contributed by atoms with Crippen molar-refractivity contribution in [1.82, 2.24) is 0 Å². The van der Waals surface area contributed by atoms with Crippen molar-refractivity contribution in [3.63, 3.8) is 0 Å². The van der Waals surface area contributed by atoms with Crippen molar-refractivity contribution in [3.05, 3.63) is 54.6 Å². The van der Waals surface area contributed by atoms with Gasteiger partial charge in [0.1, 0.15) is 5.69 Å². The van der Waals surface area contributed by atoms with Crippen LogP contribution in [0.5, 0.6) is 5.75 Å². The van der Waals surface area contributed by atoms with Crippen LogP contribution in [-0.2, 0) is 9.37 Å². The number of phenolic OH excluding ortho intramolecular Hbond substituents is 1. The monoisotopic (exact) mass is 343 g/mol. The molecule has 0 aliphatic rings. The summed E-state index contributed by atoms with van der Waals surface area (Å²) in [7, 11) is 0. The van der Waals surface area contributed by atoms with E-state index in [4.69, 9.17) is 11.0 Å². The van der Waals surface area contributed by atoms with Gasteiger partial charge in [-0.15, -0.1) is 9.45 Å². The molecule has 8 heteroatoms. The molecular weight excluding hydrogens is 330 g/mol. The summed E-state index contributed by atoms with van der Waals surface area (Å²) in [6, 6.07) is 15.9. The maximum Gasteiger partial charge on any atom is 0.152 e. The molecule has 4 N–H and O–H groups in total. The van der Waals surface area contributed by atoms with Crippen molar-refractivity contribution < 1.29 is 19.7 Å². The van der Waals surface area contributed by atoms with Crippen molar-refractivity contribution >= 4 is 39.9 Å². The van der Waals surface area contributed by atoms with E-state index in [0.717, 1.165) is 0 Å². The molecule has 0 saturated carbocycles. The van der Waals surface area contributed by atoms with Crippen LogP contribution in [0.4, 0.5) is 17.1 Å². The van der Waals surface area contributed by atoms with Crippen molar-refractivity contribution in [3.8, 4) is 5.75 Å². The van der Waals surface area contributed by atoms with Gasteiger partial charge in [-0.05, 0) is 41.8 Å². The van der Waals surface area contributed by atoms with Gasteiger partial charge in [-0.25, -0.2) is 5.26 Å². The number of benzene rings is 3. The Morgan fingerprint density at radius 3 is 2.54 bits per heavy atom. The minimum atomic E-state index is -0.0729. The van der Waals surface area contributed by atoms with Gasteiger partial charge in [0.05, 0.1) is 22.6 Å². The Balaban J connectivity index is 2.11. The van der Waals surface area contributed by atoms with Gasteiger partial charge in [0.25, 0.3) is 0 Å². The zero-order valence-corrected chi connectivity index (χ0v) is 13.1. The second-order valence-electron chi connectivity index (χ2n) is 4.81. The van der Waals surface area contributed by atoms with Crippen molar-refractivity contribution in [1.29, 1.82) is 0 Å². The van der Waals surface area contributed by atoms with Crippen LogP contribution in [0.15, 0.2) is 69.7 Å². The maximum absolute atomic E-state index is 10.5. The van der Waals surface area contributed by atoms with Gasteiger partial charge in [-0.3, -0.25) is 0 Å². The lowest BCUT2D eigenvalue weighted by molar-refractivity contribution is -0.432. The lowest BCUT2D eigenvalue weighted by atomic mass is 10.1. The Morgan fingerprint density at radius 2 is 1.79 bits per heavy atom. The minimum Gasteiger partial charge on any atom is -0.505 e.